The molecular formula is C19H28N4O3. The van der Waals surface area contributed by atoms with Crippen molar-refractivity contribution < 1.29 is 14.7 Å². The van der Waals surface area contributed by atoms with Gasteiger partial charge in [0.25, 0.3) is 0 Å². The molecule has 1 aromatic rings. The Balaban J connectivity index is 1.52. The molecule has 0 bridgehead atoms. The minimum atomic E-state index is -1.06. The summed E-state index contributed by atoms with van der Waals surface area (Å²) in [6.07, 6.45) is 3.56. The molecule has 2 aliphatic heterocycles. The molecule has 0 spiro atoms. The molecule has 0 aromatic heterocycles. The quantitative estimate of drug-likeness (QED) is 0.843. The van der Waals surface area contributed by atoms with Gasteiger partial charge in [-0.25, -0.2) is 4.79 Å². The molecule has 2 saturated heterocycles. The Morgan fingerprint density at radius 3 is 2.50 bits per heavy atom. The Labute approximate surface area is 154 Å². The Hall–Kier alpha value is -2.28. The third-order valence-corrected chi connectivity index (χ3v) is 5.40. The van der Waals surface area contributed by atoms with Crippen LogP contribution in [0.25, 0.3) is 0 Å². The second kappa shape index (κ2) is 8.40. The summed E-state index contributed by atoms with van der Waals surface area (Å²) >= 11 is 0. The number of nitrogens with one attached hydrogen (secondary N) is 1. The standard InChI is InChI=1S/C19H28N4O3/c1-21(18(24)14-22-10-3-2-4-11-22)17-9-12-23(13-17)16-7-5-15(6-8-16)20-19(25)26/h5-8,17,20H,2-4,9-14H2,1H3,(H,25,26). The van der Waals surface area contributed by atoms with Crippen LogP contribution in [-0.4, -0.2) is 72.7 Å². The van der Waals surface area contributed by atoms with Crippen molar-refractivity contribution in [2.24, 2.45) is 0 Å². The van der Waals surface area contributed by atoms with E-state index in [0.29, 0.717) is 12.2 Å². The Kier molecular flexibility index (Phi) is 5.98. The second-order valence-electron chi connectivity index (χ2n) is 7.21. The molecule has 7 heteroatoms. The minimum Gasteiger partial charge on any atom is -0.465 e. The van der Waals surface area contributed by atoms with Gasteiger partial charge >= 0.3 is 6.09 Å². The lowest BCUT2D eigenvalue weighted by atomic mass is 10.1. The number of likely N-dealkylation sites (tertiary alicyclic amines) is 1. The van der Waals surface area contributed by atoms with Crippen LogP contribution < -0.4 is 10.2 Å². The Morgan fingerprint density at radius 1 is 1.15 bits per heavy atom. The molecule has 142 valence electrons. The summed E-state index contributed by atoms with van der Waals surface area (Å²) in [6.45, 7) is 4.31. The zero-order valence-electron chi connectivity index (χ0n) is 15.4. The normalized spacial score (nSPS) is 20.8. The Bertz CT molecular complexity index is 628. The zero-order chi connectivity index (χ0) is 18.5. The largest absolute Gasteiger partial charge is 0.465 e. The molecule has 7 nitrogen and oxygen atoms in total. The van der Waals surface area contributed by atoms with Crippen molar-refractivity contribution in [3.63, 3.8) is 0 Å². The van der Waals surface area contributed by atoms with E-state index in [4.69, 9.17) is 5.11 Å². The monoisotopic (exact) mass is 360 g/mol. The number of likely N-dealkylation sites (N-methyl/N-ethyl adjacent to an activating group) is 1. The highest BCUT2D eigenvalue weighted by Crippen LogP contribution is 2.24. The molecule has 2 heterocycles. The van der Waals surface area contributed by atoms with E-state index in [2.05, 4.69) is 15.1 Å². The molecule has 1 atom stereocenters. The molecule has 2 fully saturated rings. The van der Waals surface area contributed by atoms with E-state index >= 15 is 0 Å². The van der Waals surface area contributed by atoms with Crippen LogP contribution in [0, 0.1) is 0 Å². The first kappa shape index (κ1) is 18.5. The first-order chi connectivity index (χ1) is 12.5. The number of benzene rings is 1. The maximum Gasteiger partial charge on any atom is 0.409 e. The predicted molar refractivity (Wildman–Crippen MR) is 102 cm³/mol. The molecule has 3 rings (SSSR count). The van der Waals surface area contributed by atoms with Crippen LogP contribution in [0.3, 0.4) is 0 Å². The summed E-state index contributed by atoms with van der Waals surface area (Å²) in [6, 6.07) is 7.60. The molecule has 2 amide bonds. The molecule has 1 aromatic carbocycles. The summed E-state index contributed by atoms with van der Waals surface area (Å²) < 4.78 is 0. The van der Waals surface area contributed by atoms with Gasteiger partial charge in [0.15, 0.2) is 0 Å². The SMILES string of the molecule is CN(C(=O)CN1CCCCC1)C1CCN(c2ccc(NC(=O)O)cc2)C1. The zero-order valence-corrected chi connectivity index (χ0v) is 15.4. The summed E-state index contributed by atoms with van der Waals surface area (Å²) in [5, 5.41) is 11.1. The van der Waals surface area contributed by atoms with Crippen LogP contribution in [0.2, 0.25) is 0 Å². The molecule has 0 aliphatic carbocycles. The predicted octanol–water partition coefficient (Wildman–Crippen LogP) is 2.30. The van der Waals surface area contributed by atoms with Crippen molar-refractivity contribution in [2.45, 2.75) is 31.7 Å². The minimum absolute atomic E-state index is 0.208. The van der Waals surface area contributed by atoms with Gasteiger partial charge in [0.05, 0.1) is 12.6 Å². The van der Waals surface area contributed by atoms with Gasteiger partial charge in [-0.15, -0.1) is 0 Å². The number of carboxylic acid groups (broad SMARTS) is 1. The van der Waals surface area contributed by atoms with Gasteiger partial charge in [0, 0.05) is 31.5 Å². The van der Waals surface area contributed by atoms with Gasteiger partial charge in [0.2, 0.25) is 5.91 Å². The second-order valence-corrected chi connectivity index (χ2v) is 7.21. The Morgan fingerprint density at radius 2 is 1.85 bits per heavy atom. The van der Waals surface area contributed by atoms with Gasteiger partial charge < -0.3 is 14.9 Å². The lowest BCUT2D eigenvalue weighted by Gasteiger charge is -2.30. The number of nitrogens with zero attached hydrogens (tertiary/aromatic N) is 3. The summed E-state index contributed by atoms with van der Waals surface area (Å²) in [4.78, 5) is 29.7. The number of amides is 2. The van der Waals surface area contributed by atoms with Crippen molar-refractivity contribution in [1.82, 2.24) is 9.80 Å². The van der Waals surface area contributed by atoms with E-state index in [9.17, 15) is 9.59 Å². The van der Waals surface area contributed by atoms with Crippen LogP contribution in [0.4, 0.5) is 16.2 Å². The van der Waals surface area contributed by atoms with E-state index in [1.165, 1.54) is 19.3 Å². The van der Waals surface area contributed by atoms with E-state index < -0.39 is 6.09 Å². The fraction of sp³-hybridized carbons (Fsp3) is 0.579. The number of anilines is 2. The average molecular weight is 360 g/mol. The third kappa shape index (κ3) is 4.66. The van der Waals surface area contributed by atoms with Crippen molar-refractivity contribution in [3.8, 4) is 0 Å². The summed E-state index contributed by atoms with van der Waals surface area (Å²) in [5.74, 6) is 0.208. The fourth-order valence-electron chi connectivity index (χ4n) is 3.80. The highest BCUT2D eigenvalue weighted by Gasteiger charge is 2.29. The molecule has 2 N–H and O–H groups in total. The van der Waals surface area contributed by atoms with Crippen molar-refractivity contribution in [3.05, 3.63) is 24.3 Å². The maximum absolute atomic E-state index is 12.6. The van der Waals surface area contributed by atoms with E-state index in [0.717, 1.165) is 38.3 Å². The lowest BCUT2D eigenvalue weighted by molar-refractivity contribution is -0.133. The molecule has 2 aliphatic rings. The molecule has 0 radical (unpaired) electrons. The van der Waals surface area contributed by atoms with Gasteiger partial charge in [-0.05, 0) is 56.6 Å². The highest BCUT2D eigenvalue weighted by atomic mass is 16.4. The van der Waals surface area contributed by atoms with Crippen LogP contribution in [0.5, 0.6) is 0 Å². The first-order valence-corrected chi connectivity index (χ1v) is 9.36. The molecule has 26 heavy (non-hydrogen) atoms. The topological polar surface area (TPSA) is 76.1 Å². The fourth-order valence-corrected chi connectivity index (χ4v) is 3.80. The number of rotatable bonds is 5. The van der Waals surface area contributed by atoms with Gasteiger partial charge in [0.1, 0.15) is 0 Å². The lowest BCUT2D eigenvalue weighted by Crippen LogP contribution is -2.45. The van der Waals surface area contributed by atoms with Gasteiger partial charge in [-0.2, -0.15) is 0 Å². The number of carbonyl (C=O) groups is 2. The van der Waals surface area contributed by atoms with Gasteiger partial charge in [-0.1, -0.05) is 6.42 Å². The van der Waals surface area contributed by atoms with E-state index in [1.807, 2.05) is 24.1 Å². The number of hydrogen-bond donors (Lipinski definition) is 2. The third-order valence-electron chi connectivity index (χ3n) is 5.40. The molecule has 1 unspecified atom stereocenters. The summed E-state index contributed by atoms with van der Waals surface area (Å²) in [7, 11) is 1.92. The molecular weight excluding hydrogens is 332 g/mol. The van der Waals surface area contributed by atoms with Crippen LogP contribution >= 0.6 is 0 Å². The van der Waals surface area contributed by atoms with Crippen molar-refractivity contribution in [1.29, 1.82) is 0 Å². The van der Waals surface area contributed by atoms with Crippen LogP contribution in [0.15, 0.2) is 24.3 Å². The van der Waals surface area contributed by atoms with E-state index in [-0.39, 0.29) is 11.9 Å². The number of carbonyl (C=O) groups excluding carboxylic acids is 1. The van der Waals surface area contributed by atoms with Crippen LogP contribution in [0.1, 0.15) is 25.7 Å². The smallest absolute Gasteiger partial charge is 0.409 e. The molecule has 0 saturated carbocycles. The average Bonchev–Trinajstić information content (AvgIpc) is 3.12. The van der Waals surface area contributed by atoms with Crippen LogP contribution in [-0.2, 0) is 4.79 Å². The van der Waals surface area contributed by atoms with Crippen molar-refractivity contribution in [2.75, 3.05) is 50.0 Å². The van der Waals surface area contributed by atoms with Gasteiger partial charge in [-0.3, -0.25) is 15.0 Å². The first-order valence-electron chi connectivity index (χ1n) is 9.36. The highest BCUT2D eigenvalue weighted by molar-refractivity contribution is 5.83. The summed E-state index contributed by atoms with van der Waals surface area (Å²) in [5.41, 5.74) is 1.62. The maximum atomic E-state index is 12.6. The van der Waals surface area contributed by atoms with E-state index in [1.54, 1.807) is 12.1 Å². The number of piperidine rings is 1. The number of hydrogen-bond acceptors (Lipinski definition) is 4. The van der Waals surface area contributed by atoms with Crippen molar-refractivity contribution >= 4 is 23.4 Å².